The lowest BCUT2D eigenvalue weighted by atomic mass is 10.1. The fourth-order valence-corrected chi connectivity index (χ4v) is 1.97. The number of benzene rings is 1. The van der Waals surface area contributed by atoms with Crippen LogP contribution in [-0.4, -0.2) is 31.6 Å². The molecule has 3 amide bonds. The van der Waals surface area contributed by atoms with Gasteiger partial charge in [-0.15, -0.1) is 0 Å². The summed E-state index contributed by atoms with van der Waals surface area (Å²) in [6, 6.07) is 7.68. The van der Waals surface area contributed by atoms with Crippen molar-refractivity contribution in [1.82, 2.24) is 16.0 Å². The Bertz CT molecular complexity index is 438. The first-order valence-electron chi connectivity index (χ1n) is 6.09. The van der Waals surface area contributed by atoms with Crippen molar-refractivity contribution in [3.05, 3.63) is 34.3 Å². The molecular formula is C13H18BrN3O2. The van der Waals surface area contributed by atoms with E-state index in [1.54, 1.807) is 0 Å². The first kappa shape index (κ1) is 15.5. The first-order chi connectivity index (χ1) is 9.09. The van der Waals surface area contributed by atoms with Gasteiger partial charge in [0.15, 0.2) is 0 Å². The fourth-order valence-electron chi connectivity index (χ4n) is 1.49. The maximum absolute atomic E-state index is 11.4. The summed E-state index contributed by atoms with van der Waals surface area (Å²) in [7, 11) is 0. The molecular weight excluding hydrogens is 310 g/mol. The molecule has 1 rings (SSSR count). The van der Waals surface area contributed by atoms with E-state index in [-0.39, 0.29) is 11.9 Å². The Morgan fingerprint density at radius 2 is 1.68 bits per heavy atom. The van der Waals surface area contributed by atoms with Crippen molar-refractivity contribution in [2.24, 2.45) is 0 Å². The average Bonchev–Trinajstić information content (AvgIpc) is 2.37. The molecule has 3 N–H and O–H groups in total. The van der Waals surface area contributed by atoms with Gasteiger partial charge in [-0.2, -0.15) is 0 Å². The number of urea groups is 1. The van der Waals surface area contributed by atoms with Gasteiger partial charge in [0.05, 0.1) is 0 Å². The highest BCUT2D eigenvalue weighted by molar-refractivity contribution is 9.10. The van der Waals surface area contributed by atoms with E-state index in [1.165, 1.54) is 6.92 Å². The van der Waals surface area contributed by atoms with Crippen LogP contribution in [0.25, 0.3) is 0 Å². The lowest BCUT2D eigenvalue weighted by Gasteiger charge is -2.08. The summed E-state index contributed by atoms with van der Waals surface area (Å²) in [5.74, 6) is -0.101. The van der Waals surface area contributed by atoms with Gasteiger partial charge in [-0.25, -0.2) is 4.79 Å². The topological polar surface area (TPSA) is 70.2 Å². The molecule has 6 heteroatoms. The summed E-state index contributed by atoms with van der Waals surface area (Å²) in [5, 5.41) is 8.03. The fraction of sp³-hybridized carbons (Fsp3) is 0.385. The molecule has 0 bridgehead atoms. The van der Waals surface area contributed by atoms with E-state index in [0.29, 0.717) is 19.6 Å². The minimum Gasteiger partial charge on any atom is -0.355 e. The molecule has 0 unspecified atom stereocenters. The normalized spacial score (nSPS) is 9.79. The minimum absolute atomic E-state index is 0.101. The molecule has 0 aliphatic heterocycles. The molecule has 1 aromatic rings. The van der Waals surface area contributed by atoms with Crippen LogP contribution in [0.3, 0.4) is 0 Å². The summed E-state index contributed by atoms with van der Waals surface area (Å²) < 4.78 is 1.04. The molecule has 0 heterocycles. The molecule has 5 nitrogen and oxygen atoms in total. The smallest absolute Gasteiger partial charge is 0.314 e. The summed E-state index contributed by atoms with van der Waals surface area (Å²) in [4.78, 5) is 22.0. The Hall–Kier alpha value is -1.56. The van der Waals surface area contributed by atoms with Gasteiger partial charge in [-0.1, -0.05) is 34.1 Å². The Morgan fingerprint density at radius 1 is 1.05 bits per heavy atom. The lowest BCUT2D eigenvalue weighted by molar-refractivity contribution is -0.118. The predicted molar refractivity (Wildman–Crippen MR) is 77.9 cm³/mol. The van der Waals surface area contributed by atoms with Crippen LogP contribution in [0, 0.1) is 0 Å². The number of hydrogen-bond donors (Lipinski definition) is 3. The zero-order valence-corrected chi connectivity index (χ0v) is 12.4. The predicted octanol–water partition coefficient (Wildman–Crippen LogP) is 1.43. The molecule has 104 valence electrons. The second-order valence-corrected chi connectivity index (χ2v) is 4.86. The second kappa shape index (κ2) is 8.53. The standard InChI is InChI=1S/C13H18BrN3O2/c1-10(18)15-8-9-17-13(19)16-7-6-11-4-2-3-5-12(11)14/h2-5H,6-9H2,1H3,(H,15,18)(H2,16,17,19). The monoisotopic (exact) mass is 327 g/mol. The number of nitrogens with one attached hydrogen (secondary N) is 3. The zero-order valence-electron chi connectivity index (χ0n) is 10.8. The summed E-state index contributed by atoms with van der Waals surface area (Å²) in [6.07, 6.45) is 0.764. The van der Waals surface area contributed by atoms with Gasteiger partial charge in [-0.05, 0) is 18.1 Å². The molecule has 0 fully saturated rings. The Balaban J connectivity index is 2.14. The van der Waals surface area contributed by atoms with Crippen LogP contribution in [0.15, 0.2) is 28.7 Å². The van der Waals surface area contributed by atoms with Gasteiger partial charge in [0, 0.05) is 31.0 Å². The van der Waals surface area contributed by atoms with Crippen LogP contribution in [0.1, 0.15) is 12.5 Å². The van der Waals surface area contributed by atoms with Crippen LogP contribution < -0.4 is 16.0 Å². The van der Waals surface area contributed by atoms with Crippen molar-refractivity contribution in [3.63, 3.8) is 0 Å². The molecule has 0 aliphatic rings. The van der Waals surface area contributed by atoms with Crippen molar-refractivity contribution in [2.75, 3.05) is 19.6 Å². The van der Waals surface area contributed by atoms with Crippen LogP contribution in [-0.2, 0) is 11.2 Å². The Morgan fingerprint density at radius 3 is 2.37 bits per heavy atom. The highest BCUT2D eigenvalue weighted by Gasteiger charge is 2.01. The number of rotatable bonds is 6. The van der Waals surface area contributed by atoms with E-state index >= 15 is 0 Å². The van der Waals surface area contributed by atoms with E-state index in [2.05, 4.69) is 31.9 Å². The van der Waals surface area contributed by atoms with E-state index in [0.717, 1.165) is 16.5 Å². The van der Waals surface area contributed by atoms with Gasteiger partial charge in [-0.3, -0.25) is 4.79 Å². The van der Waals surface area contributed by atoms with Crippen LogP contribution in [0.4, 0.5) is 4.79 Å². The second-order valence-electron chi connectivity index (χ2n) is 4.01. The van der Waals surface area contributed by atoms with Gasteiger partial charge >= 0.3 is 6.03 Å². The molecule has 0 radical (unpaired) electrons. The molecule has 19 heavy (non-hydrogen) atoms. The number of amides is 3. The molecule has 0 atom stereocenters. The van der Waals surface area contributed by atoms with Gasteiger partial charge < -0.3 is 16.0 Å². The molecule has 1 aromatic carbocycles. The molecule has 0 aliphatic carbocycles. The van der Waals surface area contributed by atoms with Gasteiger partial charge in [0.2, 0.25) is 5.91 Å². The number of halogens is 1. The first-order valence-corrected chi connectivity index (χ1v) is 6.88. The Kier molecular flexibility index (Phi) is 6.95. The number of hydrogen-bond acceptors (Lipinski definition) is 2. The Labute approximate surface area is 121 Å². The SMILES string of the molecule is CC(=O)NCCNC(=O)NCCc1ccccc1Br. The largest absolute Gasteiger partial charge is 0.355 e. The number of carbonyl (C=O) groups excluding carboxylic acids is 2. The van der Waals surface area contributed by atoms with Crippen LogP contribution in [0.5, 0.6) is 0 Å². The maximum Gasteiger partial charge on any atom is 0.314 e. The number of carbonyl (C=O) groups is 2. The van der Waals surface area contributed by atoms with E-state index in [1.807, 2.05) is 24.3 Å². The maximum atomic E-state index is 11.4. The summed E-state index contributed by atoms with van der Waals surface area (Å²) >= 11 is 3.46. The van der Waals surface area contributed by atoms with Crippen molar-refractivity contribution in [3.8, 4) is 0 Å². The van der Waals surface area contributed by atoms with E-state index in [9.17, 15) is 9.59 Å². The lowest BCUT2D eigenvalue weighted by Crippen LogP contribution is -2.40. The molecule has 0 saturated carbocycles. The third kappa shape index (κ3) is 6.81. The van der Waals surface area contributed by atoms with E-state index in [4.69, 9.17) is 0 Å². The third-order valence-corrected chi connectivity index (χ3v) is 3.20. The highest BCUT2D eigenvalue weighted by Crippen LogP contribution is 2.15. The average molecular weight is 328 g/mol. The molecule has 0 spiro atoms. The minimum atomic E-state index is -0.225. The van der Waals surface area contributed by atoms with Crippen LogP contribution in [0.2, 0.25) is 0 Å². The van der Waals surface area contributed by atoms with E-state index < -0.39 is 0 Å². The third-order valence-electron chi connectivity index (χ3n) is 2.42. The van der Waals surface area contributed by atoms with Gasteiger partial charge in [0.1, 0.15) is 0 Å². The van der Waals surface area contributed by atoms with Crippen LogP contribution >= 0.6 is 15.9 Å². The van der Waals surface area contributed by atoms with Gasteiger partial charge in [0.25, 0.3) is 0 Å². The van der Waals surface area contributed by atoms with Crippen molar-refractivity contribution >= 4 is 27.9 Å². The van der Waals surface area contributed by atoms with Crippen molar-refractivity contribution in [2.45, 2.75) is 13.3 Å². The molecule has 0 aromatic heterocycles. The highest BCUT2D eigenvalue weighted by atomic mass is 79.9. The molecule has 0 saturated heterocycles. The summed E-state index contributed by atoms with van der Waals surface area (Å²) in [6.45, 7) is 2.86. The van der Waals surface area contributed by atoms with Crippen molar-refractivity contribution in [1.29, 1.82) is 0 Å². The zero-order chi connectivity index (χ0) is 14.1. The van der Waals surface area contributed by atoms with Crippen molar-refractivity contribution < 1.29 is 9.59 Å². The summed E-state index contributed by atoms with van der Waals surface area (Å²) in [5.41, 5.74) is 1.15. The quantitative estimate of drug-likeness (QED) is 0.692.